The molecule has 0 aliphatic carbocycles. The van der Waals surface area contributed by atoms with Crippen LogP contribution in [0.25, 0.3) is 0 Å². The topological polar surface area (TPSA) is 111 Å². The van der Waals surface area contributed by atoms with Gasteiger partial charge in [0, 0.05) is 12.8 Å². The molecule has 0 aromatic carbocycles. The number of esters is 2. The maximum Gasteiger partial charge on any atom is 0.306 e. The molecular formula is C62H98NO8P. The first kappa shape index (κ1) is 67.6. The monoisotopic (exact) mass is 1020 g/mol. The second-order valence-electron chi connectivity index (χ2n) is 18.5. The molecule has 0 radical (unpaired) electrons. The number of phosphoric ester groups is 1. The highest BCUT2D eigenvalue weighted by molar-refractivity contribution is 7.45. The number of ether oxygens (including phenoxy) is 2. The molecule has 0 N–H and O–H groups in total. The van der Waals surface area contributed by atoms with Gasteiger partial charge in [-0.3, -0.25) is 14.2 Å². The summed E-state index contributed by atoms with van der Waals surface area (Å²) in [7, 11) is 1.10. The third kappa shape index (κ3) is 55.0. The lowest BCUT2D eigenvalue weighted by Crippen LogP contribution is -2.37. The number of phosphoric acid groups is 1. The average molecular weight is 1020 g/mol. The summed E-state index contributed by atoms with van der Waals surface area (Å²) in [5.41, 5.74) is 0. The lowest BCUT2D eigenvalue weighted by atomic mass is 10.1. The number of hydrogen-bond acceptors (Lipinski definition) is 8. The molecule has 10 heteroatoms. The Morgan fingerprint density at radius 3 is 1.11 bits per heavy atom. The number of allylic oxidation sites excluding steroid dienone is 26. The van der Waals surface area contributed by atoms with E-state index in [2.05, 4.69) is 172 Å². The van der Waals surface area contributed by atoms with Crippen LogP contribution in [0.15, 0.2) is 158 Å². The van der Waals surface area contributed by atoms with Crippen molar-refractivity contribution in [3.8, 4) is 0 Å². The molecular weight excluding hydrogens is 918 g/mol. The van der Waals surface area contributed by atoms with Crippen molar-refractivity contribution < 1.29 is 42.1 Å². The Bertz CT molecular complexity index is 1770. The maximum atomic E-state index is 12.8. The zero-order valence-electron chi connectivity index (χ0n) is 45.5. The quantitative estimate of drug-likeness (QED) is 0.0195. The van der Waals surface area contributed by atoms with Gasteiger partial charge in [-0.2, -0.15) is 0 Å². The van der Waals surface area contributed by atoms with Gasteiger partial charge >= 0.3 is 11.9 Å². The van der Waals surface area contributed by atoms with E-state index in [1.807, 2.05) is 21.1 Å². The molecule has 0 saturated carbocycles. The SMILES string of the molecule is CC/C=C\C/C=C\C/C=C\C/C=C\C/C=C\C/C=C\C/C=C\C/C=C\CCCCCCC(=O)OC(COC(=O)CCCCC/C=C\C/C=C\C/C=C\C/C=C\C/C=C\CC)COP(=O)([O-])OCC[N+](C)(C)C. The van der Waals surface area contributed by atoms with Gasteiger partial charge in [0.2, 0.25) is 0 Å². The van der Waals surface area contributed by atoms with Gasteiger partial charge in [0.05, 0.1) is 27.7 Å². The van der Waals surface area contributed by atoms with Crippen molar-refractivity contribution in [1.29, 1.82) is 0 Å². The molecule has 2 unspecified atom stereocenters. The van der Waals surface area contributed by atoms with Crippen LogP contribution in [-0.4, -0.2) is 70.0 Å². The lowest BCUT2D eigenvalue weighted by Gasteiger charge is -2.28. The van der Waals surface area contributed by atoms with Gasteiger partial charge in [0.25, 0.3) is 7.82 Å². The van der Waals surface area contributed by atoms with Crippen LogP contribution < -0.4 is 4.89 Å². The highest BCUT2D eigenvalue weighted by Gasteiger charge is 2.21. The molecule has 72 heavy (non-hydrogen) atoms. The highest BCUT2D eigenvalue weighted by atomic mass is 31.2. The number of unbranched alkanes of at least 4 members (excludes halogenated alkanes) is 7. The normalized spacial score (nSPS) is 14.6. The third-order valence-corrected chi connectivity index (χ3v) is 11.5. The lowest BCUT2D eigenvalue weighted by molar-refractivity contribution is -0.870. The summed E-state index contributed by atoms with van der Waals surface area (Å²) in [5.74, 6) is -0.918. The Hall–Kier alpha value is -4.37. The maximum absolute atomic E-state index is 12.8. The minimum Gasteiger partial charge on any atom is -0.756 e. The molecule has 0 aromatic rings. The molecule has 0 bridgehead atoms. The van der Waals surface area contributed by atoms with E-state index in [1.165, 1.54) is 0 Å². The summed E-state index contributed by atoms with van der Waals surface area (Å²) < 4.78 is 34.0. The number of quaternary nitrogens is 1. The van der Waals surface area contributed by atoms with Crippen molar-refractivity contribution >= 4 is 19.8 Å². The van der Waals surface area contributed by atoms with Gasteiger partial charge in [-0.25, -0.2) is 0 Å². The van der Waals surface area contributed by atoms with Gasteiger partial charge < -0.3 is 27.9 Å². The molecule has 0 spiro atoms. The van der Waals surface area contributed by atoms with Crippen molar-refractivity contribution in [2.24, 2.45) is 0 Å². The highest BCUT2D eigenvalue weighted by Crippen LogP contribution is 2.38. The first-order valence-corrected chi connectivity index (χ1v) is 28.7. The Kier molecular flexibility index (Phi) is 48.4. The Balaban J connectivity index is 4.38. The summed E-state index contributed by atoms with van der Waals surface area (Å²) >= 11 is 0. The van der Waals surface area contributed by atoms with Crippen LogP contribution >= 0.6 is 7.82 Å². The first-order valence-electron chi connectivity index (χ1n) is 27.2. The summed E-state index contributed by atoms with van der Waals surface area (Å²) in [6.07, 6.45) is 77.1. The van der Waals surface area contributed by atoms with E-state index in [9.17, 15) is 19.0 Å². The van der Waals surface area contributed by atoms with Gasteiger partial charge in [-0.1, -0.05) is 191 Å². The van der Waals surface area contributed by atoms with Gasteiger partial charge in [0.15, 0.2) is 6.10 Å². The second kappa shape index (κ2) is 51.5. The fourth-order valence-corrected chi connectivity index (χ4v) is 7.13. The van der Waals surface area contributed by atoms with Crippen molar-refractivity contribution in [3.05, 3.63) is 158 Å². The van der Waals surface area contributed by atoms with E-state index < -0.39 is 32.5 Å². The predicted octanol–water partition coefficient (Wildman–Crippen LogP) is 16.3. The van der Waals surface area contributed by atoms with E-state index in [0.717, 1.165) is 128 Å². The van der Waals surface area contributed by atoms with Crippen molar-refractivity contribution in [2.75, 3.05) is 47.5 Å². The number of rotatable bonds is 47. The van der Waals surface area contributed by atoms with E-state index in [1.54, 1.807) is 0 Å². The number of carbonyl (C=O) groups excluding carboxylic acids is 2. The van der Waals surface area contributed by atoms with Crippen molar-refractivity contribution in [3.63, 3.8) is 0 Å². The largest absolute Gasteiger partial charge is 0.756 e. The van der Waals surface area contributed by atoms with E-state index in [4.69, 9.17) is 18.5 Å². The molecule has 0 aliphatic heterocycles. The standard InChI is InChI=1S/C62H98NO8P/c1-6-8-10-12-14-16-18-20-22-24-26-27-28-29-30-31-32-33-34-35-37-39-41-43-45-47-49-51-53-55-62(65)71-60(59-70-72(66,67)69-57-56-63(3,4)5)58-68-61(64)54-52-50-48-46-44-42-40-38-36-25-23-21-19-17-15-13-11-9-7-2/h8-11,14-17,20-23,26-27,29-30,32-33,35-38,41-44,60H,6-7,12-13,18-19,24-25,28,31,34,39-40,45-59H2,1-5H3/b10-8-,11-9-,16-14-,17-15-,22-20-,23-21-,27-26-,30-29-,33-32-,37-35-,38-36-,43-41-,44-42-. The Labute approximate surface area is 439 Å². The molecule has 2 atom stereocenters. The fourth-order valence-electron chi connectivity index (χ4n) is 6.40. The smallest absolute Gasteiger partial charge is 0.306 e. The van der Waals surface area contributed by atoms with Crippen LogP contribution in [0.4, 0.5) is 0 Å². The minimum absolute atomic E-state index is 0.0522. The molecule has 0 aliphatic rings. The van der Waals surface area contributed by atoms with Gasteiger partial charge in [-0.15, -0.1) is 0 Å². The summed E-state index contributed by atoms with van der Waals surface area (Å²) in [6, 6.07) is 0. The number of hydrogen-bond donors (Lipinski definition) is 0. The summed E-state index contributed by atoms with van der Waals surface area (Å²) in [4.78, 5) is 37.8. The second-order valence-corrected chi connectivity index (χ2v) is 19.9. The molecule has 404 valence electrons. The molecule has 0 aromatic heterocycles. The van der Waals surface area contributed by atoms with Crippen molar-refractivity contribution in [1.82, 2.24) is 0 Å². The molecule has 0 amide bonds. The van der Waals surface area contributed by atoms with Crippen molar-refractivity contribution in [2.45, 2.75) is 174 Å². The third-order valence-electron chi connectivity index (χ3n) is 10.5. The average Bonchev–Trinajstić information content (AvgIpc) is 3.34. The van der Waals surface area contributed by atoms with E-state index in [0.29, 0.717) is 23.9 Å². The zero-order chi connectivity index (χ0) is 52.7. The first-order chi connectivity index (χ1) is 35.0. The minimum atomic E-state index is -4.66. The zero-order valence-corrected chi connectivity index (χ0v) is 46.4. The number of carbonyl (C=O) groups is 2. The van der Waals surface area contributed by atoms with Crippen LogP contribution in [-0.2, 0) is 32.7 Å². The summed E-state index contributed by atoms with van der Waals surface area (Å²) in [5, 5.41) is 0. The van der Waals surface area contributed by atoms with E-state index in [-0.39, 0.29) is 26.1 Å². The van der Waals surface area contributed by atoms with Gasteiger partial charge in [0.1, 0.15) is 19.8 Å². The summed E-state index contributed by atoms with van der Waals surface area (Å²) in [6.45, 7) is 3.90. The van der Waals surface area contributed by atoms with Crippen LogP contribution in [0.1, 0.15) is 168 Å². The number of likely N-dealkylation sites (N-methyl/N-ethyl adjacent to an activating group) is 1. The van der Waals surface area contributed by atoms with Gasteiger partial charge in [-0.05, 0) is 122 Å². The molecule has 0 rings (SSSR count). The predicted molar refractivity (Wildman–Crippen MR) is 304 cm³/mol. The Morgan fingerprint density at radius 1 is 0.431 bits per heavy atom. The van der Waals surface area contributed by atoms with Crippen LogP contribution in [0, 0.1) is 0 Å². The van der Waals surface area contributed by atoms with Crippen LogP contribution in [0.3, 0.4) is 0 Å². The molecule has 9 nitrogen and oxygen atoms in total. The molecule has 0 heterocycles. The molecule has 0 saturated heterocycles. The van der Waals surface area contributed by atoms with Crippen LogP contribution in [0.5, 0.6) is 0 Å². The Morgan fingerprint density at radius 2 is 0.750 bits per heavy atom. The van der Waals surface area contributed by atoms with Crippen LogP contribution in [0.2, 0.25) is 0 Å². The fraction of sp³-hybridized carbons (Fsp3) is 0.548. The van der Waals surface area contributed by atoms with E-state index >= 15 is 0 Å². The molecule has 0 fully saturated rings. The number of nitrogens with zero attached hydrogens (tertiary/aromatic N) is 1.